The van der Waals surface area contributed by atoms with E-state index in [0.29, 0.717) is 23.3 Å². The molecule has 0 spiro atoms. The number of carbonyl (C=O) groups is 1. The fourth-order valence-corrected chi connectivity index (χ4v) is 3.38. The summed E-state index contributed by atoms with van der Waals surface area (Å²) in [5, 5.41) is 10.5. The van der Waals surface area contributed by atoms with Crippen molar-refractivity contribution in [2.24, 2.45) is 0 Å². The van der Waals surface area contributed by atoms with E-state index in [4.69, 9.17) is 4.74 Å². The van der Waals surface area contributed by atoms with Gasteiger partial charge in [0.2, 0.25) is 5.65 Å². The van der Waals surface area contributed by atoms with Crippen LogP contribution >= 0.6 is 0 Å². The normalized spacial score (nSPS) is 11.1. The Labute approximate surface area is 174 Å². The summed E-state index contributed by atoms with van der Waals surface area (Å²) in [5.74, 6) is 0.746. The van der Waals surface area contributed by atoms with E-state index >= 15 is 0 Å². The first kappa shape index (κ1) is 19.6. The highest BCUT2D eigenvalue weighted by atomic mass is 16.5. The lowest BCUT2D eigenvalue weighted by Crippen LogP contribution is -2.36. The van der Waals surface area contributed by atoms with Crippen LogP contribution in [-0.2, 0) is 6.54 Å². The van der Waals surface area contributed by atoms with Crippen molar-refractivity contribution in [3.8, 4) is 16.9 Å². The summed E-state index contributed by atoms with van der Waals surface area (Å²) in [6.45, 7) is 4.51. The Morgan fingerprint density at radius 3 is 2.60 bits per heavy atom. The molecule has 4 aromatic rings. The van der Waals surface area contributed by atoms with E-state index in [-0.39, 0.29) is 11.9 Å². The van der Waals surface area contributed by atoms with Gasteiger partial charge < -0.3 is 9.64 Å². The molecule has 4 rings (SSSR count). The second-order valence-corrected chi connectivity index (χ2v) is 7.31. The van der Waals surface area contributed by atoms with E-state index in [1.165, 1.54) is 0 Å². The van der Waals surface area contributed by atoms with Crippen LogP contribution in [0.3, 0.4) is 0 Å². The number of carbonyl (C=O) groups excluding carboxylic acids is 1. The molecule has 152 valence electrons. The lowest BCUT2D eigenvalue weighted by molar-refractivity contribution is 0.0690. The summed E-state index contributed by atoms with van der Waals surface area (Å²) in [6.07, 6.45) is 1.55. The van der Waals surface area contributed by atoms with Crippen molar-refractivity contribution in [3.05, 3.63) is 71.9 Å². The minimum Gasteiger partial charge on any atom is -0.496 e. The SMILES string of the molecule is COc1ccccc1-c1ccc(CN(C(=O)c2cnc3n[nH]nc3c2)C(C)C)cc1. The van der Waals surface area contributed by atoms with Gasteiger partial charge in [0.1, 0.15) is 11.3 Å². The molecule has 0 bridgehead atoms. The molecule has 2 heterocycles. The second kappa shape index (κ2) is 8.32. The standard InChI is InChI=1S/C23H23N5O2/c1-15(2)28(23(29)18-12-20-22(24-13-18)26-27-25-20)14-16-8-10-17(11-9-16)19-6-4-5-7-21(19)30-3/h4-13,15H,14H2,1-3H3,(H,24,25,26,27). The number of ether oxygens (including phenoxy) is 1. The van der Waals surface area contributed by atoms with Crippen molar-refractivity contribution in [1.29, 1.82) is 0 Å². The molecule has 2 aromatic carbocycles. The van der Waals surface area contributed by atoms with Gasteiger partial charge in [0.05, 0.1) is 12.7 Å². The molecule has 2 aromatic heterocycles. The third kappa shape index (κ3) is 3.87. The smallest absolute Gasteiger partial charge is 0.256 e. The minimum absolute atomic E-state index is 0.0272. The number of aromatic nitrogens is 4. The number of aromatic amines is 1. The van der Waals surface area contributed by atoms with Gasteiger partial charge in [0, 0.05) is 24.3 Å². The van der Waals surface area contributed by atoms with Crippen LogP contribution < -0.4 is 4.74 Å². The molecule has 0 atom stereocenters. The van der Waals surface area contributed by atoms with Crippen LogP contribution in [0.5, 0.6) is 5.75 Å². The average Bonchev–Trinajstić information content (AvgIpc) is 3.25. The highest BCUT2D eigenvalue weighted by Gasteiger charge is 2.20. The first-order valence-electron chi connectivity index (χ1n) is 9.76. The van der Waals surface area contributed by atoms with Gasteiger partial charge in [0.25, 0.3) is 5.91 Å². The predicted molar refractivity (Wildman–Crippen MR) is 115 cm³/mol. The molecule has 0 saturated heterocycles. The molecule has 0 saturated carbocycles. The first-order chi connectivity index (χ1) is 14.6. The monoisotopic (exact) mass is 401 g/mol. The predicted octanol–water partition coefficient (Wildman–Crippen LogP) is 4.08. The Balaban J connectivity index is 1.56. The van der Waals surface area contributed by atoms with E-state index in [0.717, 1.165) is 22.4 Å². The van der Waals surface area contributed by atoms with Crippen molar-refractivity contribution < 1.29 is 9.53 Å². The number of hydrogen-bond donors (Lipinski definition) is 1. The average molecular weight is 401 g/mol. The summed E-state index contributed by atoms with van der Waals surface area (Å²) in [5.41, 5.74) is 4.72. The number of pyridine rings is 1. The maximum absolute atomic E-state index is 13.1. The largest absolute Gasteiger partial charge is 0.496 e. The summed E-state index contributed by atoms with van der Waals surface area (Å²) in [7, 11) is 1.67. The van der Waals surface area contributed by atoms with Crippen LogP contribution in [0.25, 0.3) is 22.3 Å². The third-order valence-electron chi connectivity index (χ3n) is 5.03. The van der Waals surface area contributed by atoms with Crippen LogP contribution in [0.15, 0.2) is 60.8 Å². The van der Waals surface area contributed by atoms with Gasteiger partial charge in [-0.3, -0.25) is 4.79 Å². The maximum Gasteiger partial charge on any atom is 0.256 e. The van der Waals surface area contributed by atoms with Crippen molar-refractivity contribution in [3.63, 3.8) is 0 Å². The number of methoxy groups -OCH3 is 1. The Kier molecular flexibility index (Phi) is 5.43. The van der Waals surface area contributed by atoms with Gasteiger partial charge in [-0.1, -0.05) is 42.5 Å². The summed E-state index contributed by atoms with van der Waals surface area (Å²) < 4.78 is 5.46. The molecule has 0 unspecified atom stereocenters. The zero-order valence-corrected chi connectivity index (χ0v) is 17.2. The minimum atomic E-state index is -0.0868. The maximum atomic E-state index is 13.1. The topological polar surface area (TPSA) is 84.0 Å². The molecule has 0 aliphatic rings. The molecular weight excluding hydrogens is 378 g/mol. The number of nitrogens with one attached hydrogen (secondary N) is 1. The van der Waals surface area contributed by atoms with Crippen molar-refractivity contribution >= 4 is 17.1 Å². The molecule has 0 aliphatic carbocycles. The number of amides is 1. The van der Waals surface area contributed by atoms with Gasteiger partial charge in [-0.15, -0.1) is 5.10 Å². The van der Waals surface area contributed by atoms with Gasteiger partial charge in [-0.25, -0.2) is 4.98 Å². The molecule has 0 aliphatic heterocycles. The number of para-hydroxylation sites is 1. The second-order valence-electron chi connectivity index (χ2n) is 7.31. The Hall–Kier alpha value is -3.74. The fraction of sp³-hybridized carbons (Fsp3) is 0.217. The first-order valence-corrected chi connectivity index (χ1v) is 9.76. The zero-order chi connectivity index (χ0) is 21.1. The van der Waals surface area contributed by atoms with Gasteiger partial charge in [-0.05, 0) is 37.1 Å². The summed E-state index contributed by atoms with van der Waals surface area (Å²) >= 11 is 0. The van der Waals surface area contributed by atoms with Gasteiger partial charge in [-0.2, -0.15) is 10.3 Å². The Bertz CT molecular complexity index is 1170. The highest BCUT2D eigenvalue weighted by molar-refractivity contribution is 5.96. The van der Waals surface area contributed by atoms with Crippen LogP contribution in [0.4, 0.5) is 0 Å². The Morgan fingerprint density at radius 2 is 1.87 bits per heavy atom. The fourth-order valence-electron chi connectivity index (χ4n) is 3.38. The number of benzene rings is 2. The Morgan fingerprint density at radius 1 is 1.10 bits per heavy atom. The van der Waals surface area contributed by atoms with Crippen LogP contribution in [0, 0.1) is 0 Å². The molecule has 1 N–H and O–H groups in total. The molecule has 0 radical (unpaired) electrons. The van der Waals surface area contributed by atoms with Crippen LogP contribution in [-0.4, -0.2) is 44.4 Å². The zero-order valence-electron chi connectivity index (χ0n) is 17.2. The van der Waals surface area contributed by atoms with Crippen LogP contribution in [0.2, 0.25) is 0 Å². The molecule has 1 amide bonds. The number of fused-ring (bicyclic) bond motifs is 1. The molecular formula is C23H23N5O2. The van der Waals surface area contributed by atoms with Crippen LogP contribution in [0.1, 0.15) is 29.8 Å². The van der Waals surface area contributed by atoms with E-state index in [2.05, 4.69) is 32.5 Å². The van der Waals surface area contributed by atoms with E-state index in [1.54, 1.807) is 19.4 Å². The lowest BCUT2D eigenvalue weighted by atomic mass is 10.0. The molecule has 30 heavy (non-hydrogen) atoms. The number of H-pyrrole nitrogens is 1. The summed E-state index contributed by atoms with van der Waals surface area (Å²) in [6, 6.07) is 17.9. The van der Waals surface area contributed by atoms with Gasteiger partial charge in [0.15, 0.2) is 0 Å². The lowest BCUT2D eigenvalue weighted by Gasteiger charge is -2.27. The quantitative estimate of drug-likeness (QED) is 0.526. The number of rotatable bonds is 6. The highest BCUT2D eigenvalue weighted by Crippen LogP contribution is 2.29. The molecule has 0 fully saturated rings. The molecule has 7 heteroatoms. The van der Waals surface area contributed by atoms with Crippen molar-refractivity contribution in [1.82, 2.24) is 25.3 Å². The van der Waals surface area contributed by atoms with Gasteiger partial charge >= 0.3 is 0 Å². The van der Waals surface area contributed by atoms with E-state index in [9.17, 15) is 4.79 Å². The number of nitrogens with zero attached hydrogens (tertiary/aromatic N) is 4. The van der Waals surface area contributed by atoms with E-state index < -0.39 is 0 Å². The van der Waals surface area contributed by atoms with E-state index in [1.807, 2.05) is 55.1 Å². The van der Waals surface area contributed by atoms with Crippen molar-refractivity contribution in [2.45, 2.75) is 26.4 Å². The summed E-state index contributed by atoms with van der Waals surface area (Å²) in [4.78, 5) is 19.2. The third-order valence-corrected chi connectivity index (χ3v) is 5.03. The van der Waals surface area contributed by atoms with Crippen molar-refractivity contribution in [2.75, 3.05) is 7.11 Å². The number of hydrogen-bond acceptors (Lipinski definition) is 5. The molecule has 7 nitrogen and oxygen atoms in total.